The van der Waals surface area contributed by atoms with E-state index in [0.29, 0.717) is 11.8 Å². The standard InChI is InChI=1S/C18H16BrF2NO6/c1-25-13-7-15(27-3)14(26-2)6-10(13)18(24)28-8-16(23)22-17-11(19)4-9(20)5-12(17)21/h4-7H,8H2,1-3H3,(H,22,23). The van der Waals surface area contributed by atoms with Gasteiger partial charge in [-0.3, -0.25) is 4.79 Å². The Morgan fingerprint density at radius 3 is 2.14 bits per heavy atom. The third kappa shape index (κ3) is 4.89. The number of carbonyl (C=O) groups excluding carboxylic acids is 2. The molecule has 0 saturated heterocycles. The Morgan fingerprint density at radius 2 is 1.57 bits per heavy atom. The number of anilines is 1. The number of hydrogen-bond acceptors (Lipinski definition) is 6. The smallest absolute Gasteiger partial charge is 0.342 e. The number of carbonyl (C=O) groups is 2. The van der Waals surface area contributed by atoms with Crippen molar-refractivity contribution in [2.24, 2.45) is 0 Å². The van der Waals surface area contributed by atoms with Gasteiger partial charge in [0.2, 0.25) is 0 Å². The van der Waals surface area contributed by atoms with E-state index in [0.717, 1.165) is 6.07 Å². The Hall–Kier alpha value is -2.88. The minimum atomic E-state index is -0.979. The van der Waals surface area contributed by atoms with Crippen molar-refractivity contribution < 1.29 is 37.3 Å². The molecule has 0 aliphatic rings. The van der Waals surface area contributed by atoms with Gasteiger partial charge in [0.05, 0.1) is 27.0 Å². The van der Waals surface area contributed by atoms with Crippen LogP contribution in [0.15, 0.2) is 28.7 Å². The number of rotatable bonds is 7. The van der Waals surface area contributed by atoms with Crippen LogP contribution in [-0.4, -0.2) is 39.8 Å². The molecule has 2 aromatic carbocycles. The van der Waals surface area contributed by atoms with Crippen molar-refractivity contribution in [3.8, 4) is 17.2 Å². The van der Waals surface area contributed by atoms with Crippen LogP contribution in [0.1, 0.15) is 10.4 Å². The molecule has 0 heterocycles. The third-order valence-electron chi connectivity index (χ3n) is 3.53. The van der Waals surface area contributed by atoms with Gasteiger partial charge in [-0.25, -0.2) is 13.6 Å². The van der Waals surface area contributed by atoms with E-state index in [4.69, 9.17) is 18.9 Å². The monoisotopic (exact) mass is 459 g/mol. The predicted octanol–water partition coefficient (Wildman–Crippen LogP) is 3.55. The van der Waals surface area contributed by atoms with Crippen molar-refractivity contribution in [2.45, 2.75) is 0 Å². The molecule has 0 fully saturated rings. The number of benzene rings is 2. The molecule has 0 aromatic heterocycles. The number of amides is 1. The lowest BCUT2D eigenvalue weighted by Crippen LogP contribution is -2.22. The fraction of sp³-hybridized carbons (Fsp3) is 0.222. The molecular weight excluding hydrogens is 444 g/mol. The van der Waals surface area contributed by atoms with E-state index in [1.54, 1.807) is 0 Å². The van der Waals surface area contributed by atoms with Crippen molar-refractivity contribution >= 4 is 33.5 Å². The van der Waals surface area contributed by atoms with Gasteiger partial charge in [-0.15, -0.1) is 0 Å². The summed E-state index contributed by atoms with van der Waals surface area (Å²) in [5.74, 6) is -2.73. The highest BCUT2D eigenvalue weighted by Crippen LogP contribution is 2.35. The SMILES string of the molecule is COc1cc(OC)c(C(=O)OCC(=O)Nc2c(F)cc(F)cc2Br)cc1OC. The number of esters is 1. The van der Waals surface area contributed by atoms with Gasteiger partial charge in [0.25, 0.3) is 5.91 Å². The molecule has 2 aromatic rings. The molecule has 0 aliphatic carbocycles. The van der Waals surface area contributed by atoms with E-state index >= 15 is 0 Å². The lowest BCUT2D eigenvalue weighted by Gasteiger charge is -2.14. The summed E-state index contributed by atoms with van der Waals surface area (Å²) < 4.78 is 47.2. The Kier molecular flexibility index (Phi) is 7.16. The second-order valence-electron chi connectivity index (χ2n) is 5.28. The van der Waals surface area contributed by atoms with Crippen molar-refractivity contribution in [1.82, 2.24) is 0 Å². The zero-order chi connectivity index (χ0) is 20.8. The predicted molar refractivity (Wildman–Crippen MR) is 99.1 cm³/mol. The van der Waals surface area contributed by atoms with Crippen LogP contribution in [0.5, 0.6) is 17.2 Å². The van der Waals surface area contributed by atoms with Crippen LogP contribution in [-0.2, 0) is 9.53 Å². The van der Waals surface area contributed by atoms with Gasteiger partial charge in [0, 0.05) is 22.7 Å². The zero-order valence-corrected chi connectivity index (χ0v) is 16.7. The minimum absolute atomic E-state index is 0.00194. The van der Waals surface area contributed by atoms with Gasteiger partial charge in [0.15, 0.2) is 23.9 Å². The Morgan fingerprint density at radius 1 is 0.964 bits per heavy atom. The van der Waals surface area contributed by atoms with Crippen LogP contribution in [0.2, 0.25) is 0 Å². The van der Waals surface area contributed by atoms with Gasteiger partial charge in [0.1, 0.15) is 17.1 Å². The van der Waals surface area contributed by atoms with Gasteiger partial charge >= 0.3 is 5.97 Å². The fourth-order valence-corrected chi connectivity index (χ4v) is 2.74. The van der Waals surface area contributed by atoms with Crippen LogP contribution in [0.3, 0.4) is 0 Å². The zero-order valence-electron chi connectivity index (χ0n) is 15.1. The molecule has 0 radical (unpaired) electrons. The number of ether oxygens (including phenoxy) is 4. The molecule has 0 unspecified atom stereocenters. The van der Waals surface area contributed by atoms with Gasteiger partial charge in [-0.05, 0) is 22.0 Å². The maximum absolute atomic E-state index is 13.8. The summed E-state index contributed by atoms with van der Waals surface area (Å²) in [4.78, 5) is 24.3. The van der Waals surface area contributed by atoms with Crippen LogP contribution >= 0.6 is 15.9 Å². The minimum Gasteiger partial charge on any atom is -0.496 e. The van der Waals surface area contributed by atoms with Crippen LogP contribution in [0.4, 0.5) is 14.5 Å². The lowest BCUT2D eigenvalue weighted by atomic mass is 10.1. The quantitative estimate of drug-likeness (QED) is 0.637. The highest BCUT2D eigenvalue weighted by Gasteiger charge is 2.20. The van der Waals surface area contributed by atoms with Crippen LogP contribution in [0, 0.1) is 11.6 Å². The first-order valence-electron chi connectivity index (χ1n) is 7.72. The maximum Gasteiger partial charge on any atom is 0.342 e. The Labute approximate surface area is 167 Å². The van der Waals surface area contributed by atoms with Crippen molar-refractivity contribution in [2.75, 3.05) is 33.3 Å². The molecule has 0 bridgehead atoms. The summed E-state index contributed by atoms with van der Waals surface area (Å²) in [6.07, 6.45) is 0. The van der Waals surface area contributed by atoms with E-state index in [9.17, 15) is 18.4 Å². The Balaban J connectivity index is 2.11. The lowest BCUT2D eigenvalue weighted by molar-refractivity contribution is -0.119. The second-order valence-corrected chi connectivity index (χ2v) is 6.13. The summed E-state index contributed by atoms with van der Waals surface area (Å²) in [6.45, 7) is -0.709. The van der Waals surface area contributed by atoms with Gasteiger partial charge < -0.3 is 24.3 Å². The molecule has 7 nitrogen and oxygen atoms in total. The molecule has 0 spiro atoms. The molecule has 0 atom stereocenters. The average Bonchev–Trinajstić information content (AvgIpc) is 2.67. The molecule has 0 saturated carbocycles. The van der Waals surface area contributed by atoms with Crippen LogP contribution in [0.25, 0.3) is 0 Å². The number of halogens is 3. The molecule has 0 aliphatic heterocycles. The number of hydrogen-bond donors (Lipinski definition) is 1. The fourth-order valence-electron chi connectivity index (χ4n) is 2.23. The summed E-state index contributed by atoms with van der Waals surface area (Å²) in [5, 5.41) is 2.20. The molecular formula is C18H16BrF2NO6. The topological polar surface area (TPSA) is 83.1 Å². The van der Waals surface area contributed by atoms with E-state index in [1.165, 1.54) is 33.5 Å². The second kappa shape index (κ2) is 9.36. The van der Waals surface area contributed by atoms with Crippen molar-refractivity contribution in [3.05, 3.63) is 45.9 Å². The molecule has 28 heavy (non-hydrogen) atoms. The first-order chi connectivity index (χ1) is 13.3. The highest BCUT2D eigenvalue weighted by atomic mass is 79.9. The summed E-state index contributed by atoms with van der Waals surface area (Å²) in [7, 11) is 4.16. The average molecular weight is 460 g/mol. The van der Waals surface area contributed by atoms with Crippen molar-refractivity contribution in [3.63, 3.8) is 0 Å². The molecule has 1 amide bonds. The highest BCUT2D eigenvalue weighted by molar-refractivity contribution is 9.10. The maximum atomic E-state index is 13.8. The van der Waals surface area contributed by atoms with E-state index < -0.39 is 30.1 Å². The third-order valence-corrected chi connectivity index (χ3v) is 4.16. The number of methoxy groups -OCH3 is 3. The normalized spacial score (nSPS) is 10.2. The summed E-state index contributed by atoms with van der Waals surface area (Å²) in [6, 6.07) is 4.37. The molecule has 1 N–H and O–H groups in total. The van der Waals surface area contributed by atoms with Crippen molar-refractivity contribution in [1.29, 1.82) is 0 Å². The van der Waals surface area contributed by atoms with E-state index in [-0.39, 0.29) is 27.2 Å². The first-order valence-corrected chi connectivity index (χ1v) is 8.51. The largest absolute Gasteiger partial charge is 0.496 e. The summed E-state index contributed by atoms with van der Waals surface area (Å²) in [5.41, 5.74) is -0.270. The van der Waals surface area contributed by atoms with E-state index in [2.05, 4.69) is 21.2 Å². The first kappa shape index (κ1) is 21.4. The molecule has 10 heteroatoms. The molecule has 2 rings (SSSR count). The summed E-state index contributed by atoms with van der Waals surface area (Å²) >= 11 is 2.95. The van der Waals surface area contributed by atoms with Gasteiger partial charge in [-0.1, -0.05) is 0 Å². The molecule has 150 valence electrons. The van der Waals surface area contributed by atoms with Gasteiger partial charge in [-0.2, -0.15) is 0 Å². The number of nitrogens with one attached hydrogen (secondary N) is 1. The Bertz CT molecular complexity index is 883. The van der Waals surface area contributed by atoms with E-state index in [1.807, 2.05) is 0 Å². The van der Waals surface area contributed by atoms with Crippen LogP contribution < -0.4 is 19.5 Å².